The van der Waals surface area contributed by atoms with Crippen LogP contribution in [-0.2, 0) is 4.79 Å². The van der Waals surface area contributed by atoms with Crippen LogP contribution in [0.5, 0.6) is 5.75 Å². The summed E-state index contributed by atoms with van der Waals surface area (Å²) in [6, 6.07) is 13.7. The fourth-order valence-electron chi connectivity index (χ4n) is 3.23. The highest BCUT2D eigenvalue weighted by molar-refractivity contribution is 5.79. The lowest BCUT2D eigenvalue weighted by Crippen LogP contribution is -2.41. The number of ether oxygens (including phenoxy) is 1. The third-order valence-corrected chi connectivity index (χ3v) is 4.79. The van der Waals surface area contributed by atoms with Gasteiger partial charge in [-0.25, -0.2) is 4.98 Å². The van der Waals surface area contributed by atoms with E-state index in [1.807, 2.05) is 42.6 Å². The third-order valence-electron chi connectivity index (χ3n) is 4.79. The molecular formula is C21H25N5O2. The number of nitrogens with one attached hydrogen (secondary N) is 2. The van der Waals surface area contributed by atoms with Crippen molar-refractivity contribution in [1.29, 1.82) is 5.26 Å². The first-order valence-electron chi connectivity index (χ1n) is 9.45. The molecule has 1 saturated heterocycles. The summed E-state index contributed by atoms with van der Waals surface area (Å²) in [5.41, 5.74) is 2.12. The molecule has 1 aromatic heterocycles. The van der Waals surface area contributed by atoms with Crippen LogP contribution in [0.3, 0.4) is 0 Å². The molecule has 2 aromatic rings. The van der Waals surface area contributed by atoms with Crippen LogP contribution in [0.1, 0.15) is 12.8 Å². The van der Waals surface area contributed by atoms with Gasteiger partial charge in [0.2, 0.25) is 5.91 Å². The fourth-order valence-corrected chi connectivity index (χ4v) is 3.23. The van der Waals surface area contributed by atoms with E-state index in [1.165, 1.54) is 0 Å². The molecule has 1 aliphatic rings. The second kappa shape index (κ2) is 9.72. The summed E-state index contributed by atoms with van der Waals surface area (Å²) in [6.45, 7) is 2.23. The van der Waals surface area contributed by atoms with E-state index in [0.29, 0.717) is 19.6 Å². The number of rotatable bonds is 8. The van der Waals surface area contributed by atoms with Crippen molar-refractivity contribution < 1.29 is 9.53 Å². The normalized spacial score (nSPS) is 15.9. The van der Waals surface area contributed by atoms with Crippen LogP contribution >= 0.6 is 0 Å². The summed E-state index contributed by atoms with van der Waals surface area (Å²) in [4.78, 5) is 18.2. The molecule has 0 saturated carbocycles. The Balaban J connectivity index is 1.39. The molecule has 1 atom stereocenters. The molecule has 7 nitrogen and oxygen atoms in total. The zero-order chi connectivity index (χ0) is 19.8. The molecule has 3 rings (SSSR count). The van der Waals surface area contributed by atoms with Crippen molar-refractivity contribution in [2.75, 3.05) is 38.6 Å². The van der Waals surface area contributed by atoms with Gasteiger partial charge in [-0.1, -0.05) is 12.1 Å². The number of anilines is 1. The Morgan fingerprint density at radius 3 is 2.71 bits per heavy atom. The first kappa shape index (κ1) is 19.6. The van der Waals surface area contributed by atoms with Crippen molar-refractivity contribution in [3.8, 4) is 22.9 Å². The Bertz CT molecular complexity index is 814. The lowest BCUT2D eigenvalue weighted by molar-refractivity contribution is -0.130. The van der Waals surface area contributed by atoms with Crippen LogP contribution in [0.4, 0.5) is 5.82 Å². The highest BCUT2D eigenvalue weighted by atomic mass is 16.5. The fraction of sp³-hybridized carbons (Fsp3) is 0.381. The van der Waals surface area contributed by atoms with Gasteiger partial charge in [-0.3, -0.25) is 4.79 Å². The summed E-state index contributed by atoms with van der Waals surface area (Å²) in [7, 11) is 1.65. The van der Waals surface area contributed by atoms with Gasteiger partial charge in [-0.05, 0) is 42.7 Å². The van der Waals surface area contributed by atoms with E-state index in [0.717, 1.165) is 35.5 Å². The second-order valence-electron chi connectivity index (χ2n) is 6.64. The second-order valence-corrected chi connectivity index (χ2v) is 6.64. The predicted octanol–water partition coefficient (Wildman–Crippen LogP) is 2.27. The molecule has 0 unspecified atom stereocenters. The Morgan fingerprint density at radius 2 is 2.04 bits per heavy atom. The summed E-state index contributed by atoms with van der Waals surface area (Å²) in [6.07, 6.45) is 3.52. The van der Waals surface area contributed by atoms with Gasteiger partial charge in [0.05, 0.1) is 19.7 Å². The van der Waals surface area contributed by atoms with Gasteiger partial charge in [-0.15, -0.1) is 0 Å². The molecule has 1 aromatic carbocycles. The number of amides is 1. The molecule has 7 heteroatoms. The monoisotopic (exact) mass is 379 g/mol. The minimum Gasteiger partial charge on any atom is -0.497 e. The van der Waals surface area contributed by atoms with Crippen molar-refractivity contribution in [2.45, 2.75) is 18.9 Å². The smallest absolute Gasteiger partial charge is 0.237 e. The molecule has 28 heavy (non-hydrogen) atoms. The number of methoxy groups -OCH3 is 1. The lowest BCUT2D eigenvalue weighted by atomic mass is 10.1. The van der Waals surface area contributed by atoms with E-state index >= 15 is 0 Å². The first-order valence-corrected chi connectivity index (χ1v) is 9.45. The van der Waals surface area contributed by atoms with Crippen LogP contribution in [-0.4, -0.2) is 55.1 Å². The van der Waals surface area contributed by atoms with E-state index in [2.05, 4.69) is 21.7 Å². The van der Waals surface area contributed by atoms with Gasteiger partial charge in [0, 0.05) is 31.4 Å². The van der Waals surface area contributed by atoms with E-state index < -0.39 is 0 Å². The molecular weight excluding hydrogens is 354 g/mol. The minimum atomic E-state index is -0.263. The summed E-state index contributed by atoms with van der Waals surface area (Å²) in [5.74, 6) is 1.61. The molecule has 1 amide bonds. The Kier molecular flexibility index (Phi) is 6.82. The Labute approximate surface area is 165 Å². The standard InChI is InChI=1S/C21H25N5O2/c1-28-19-7-4-16(5-8-19)17-6-9-20(25-14-17)24-11-10-23-15-21(27)26-12-2-3-18(26)13-22/h4-9,14,18,23H,2-3,10-12,15H2,1H3,(H,24,25)/t18-/m0/s1. The van der Waals surface area contributed by atoms with Gasteiger partial charge in [0.25, 0.3) is 0 Å². The van der Waals surface area contributed by atoms with Crippen LogP contribution in [0.15, 0.2) is 42.6 Å². The van der Waals surface area contributed by atoms with Crippen molar-refractivity contribution in [2.24, 2.45) is 0 Å². The van der Waals surface area contributed by atoms with Gasteiger partial charge >= 0.3 is 0 Å². The number of aromatic nitrogens is 1. The van der Waals surface area contributed by atoms with E-state index in [-0.39, 0.29) is 18.5 Å². The number of nitriles is 1. The zero-order valence-electron chi connectivity index (χ0n) is 16.0. The predicted molar refractivity (Wildman–Crippen MR) is 108 cm³/mol. The average molecular weight is 379 g/mol. The molecule has 146 valence electrons. The maximum Gasteiger partial charge on any atom is 0.237 e. The molecule has 0 spiro atoms. The molecule has 0 bridgehead atoms. The van der Waals surface area contributed by atoms with E-state index in [1.54, 1.807) is 12.0 Å². The SMILES string of the molecule is COc1ccc(-c2ccc(NCCNCC(=O)N3CCC[C@H]3C#N)nc2)cc1. The van der Waals surface area contributed by atoms with Crippen molar-refractivity contribution in [3.63, 3.8) is 0 Å². The zero-order valence-corrected chi connectivity index (χ0v) is 16.0. The van der Waals surface area contributed by atoms with Crippen LogP contribution < -0.4 is 15.4 Å². The van der Waals surface area contributed by atoms with Crippen molar-refractivity contribution in [1.82, 2.24) is 15.2 Å². The van der Waals surface area contributed by atoms with Crippen LogP contribution in [0.25, 0.3) is 11.1 Å². The maximum atomic E-state index is 12.1. The summed E-state index contributed by atoms with van der Waals surface area (Å²) >= 11 is 0. The Hall–Kier alpha value is -3.11. The van der Waals surface area contributed by atoms with Crippen molar-refractivity contribution >= 4 is 11.7 Å². The number of carbonyl (C=O) groups excluding carboxylic acids is 1. The lowest BCUT2D eigenvalue weighted by Gasteiger charge is -2.19. The van der Waals surface area contributed by atoms with Gasteiger partial charge in [0.1, 0.15) is 17.6 Å². The number of pyridine rings is 1. The molecule has 1 aliphatic heterocycles. The molecule has 0 aliphatic carbocycles. The van der Waals surface area contributed by atoms with Gasteiger partial charge in [-0.2, -0.15) is 5.26 Å². The highest BCUT2D eigenvalue weighted by Crippen LogP contribution is 2.22. The molecule has 0 radical (unpaired) electrons. The van der Waals surface area contributed by atoms with Crippen LogP contribution in [0.2, 0.25) is 0 Å². The topological polar surface area (TPSA) is 90.3 Å². The van der Waals surface area contributed by atoms with E-state index in [9.17, 15) is 4.79 Å². The number of hydrogen-bond acceptors (Lipinski definition) is 6. The number of benzene rings is 1. The summed E-state index contributed by atoms with van der Waals surface area (Å²) in [5, 5.41) is 15.4. The number of nitrogens with zero attached hydrogens (tertiary/aromatic N) is 3. The molecule has 2 N–H and O–H groups in total. The van der Waals surface area contributed by atoms with Gasteiger partial charge in [0.15, 0.2) is 0 Å². The van der Waals surface area contributed by atoms with Crippen molar-refractivity contribution in [3.05, 3.63) is 42.6 Å². The number of likely N-dealkylation sites (tertiary alicyclic amines) is 1. The average Bonchev–Trinajstić information content (AvgIpc) is 3.23. The van der Waals surface area contributed by atoms with Crippen LogP contribution in [0, 0.1) is 11.3 Å². The first-order chi connectivity index (χ1) is 13.7. The maximum absolute atomic E-state index is 12.1. The van der Waals surface area contributed by atoms with E-state index in [4.69, 9.17) is 10.00 Å². The van der Waals surface area contributed by atoms with Gasteiger partial charge < -0.3 is 20.3 Å². The molecule has 1 fully saturated rings. The number of carbonyl (C=O) groups is 1. The minimum absolute atomic E-state index is 0.00832. The largest absolute Gasteiger partial charge is 0.497 e. The molecule has 2 heterocycles. The highest BCUT2D eigenvalue weighted by Gasteiger charge is 2.27. The number of hydrogen-bond donors (Lipinski definition) is 2. The Morgan fingerprint density at radius 1 is 1.25 bits per heavy atom. The third kappa shape index (κ3) is 4.99. The summed E-state index contributed by atoms with van der Waals surface area (Å²) < 4.78 is 5.17. The quantitative estimate of drug-likeness (QED) is 0.684.